The molecule has 0 amide bonds. The average molecular weight is 523 g/mol. The van der Waals surface area contributed by atoms with Gasteiger partial charge >= 0.3 is 11.9 Å². The number of aliphatic imine (C=N–C) groups is 1. The zero-order chi connectivity index (χ0) is 24.2. The average Bonchev–Trinajstić information content (AvgIpc) is 3.20. The molecule has 3 aromatic carbocycles. The van der Waals surface area contributed by atoms with Gasteiger partial charge in [-0.3, -0.25) is 10.1 Å². The molecule has 0 N–H and O–H groups in total. The van der Waals surface area contributed by atoms with Crippen LogP contribution < -0.4 is 9.47 Å². The molecule has 4 rings (SSSR count). The summed E-state index contributed by atoms with van der Waals surface area (Å²) in [6.45, 7) is 0. The quantitative estimate of drug-likeness (QED) is 0.148. The normalized spacial score (nSPS) is 13.9. The van der Waals surface area contributed by atoms with Crippen LogP contribution in [0.1, 0.15) is 21.5 Å². The lowest BCUT2D eigenvalue weighted by Crippen LogP contribution is -2.09. The van der Waals surface area contributed by atoms with E-state index < -0.39 is 16.9 Å². The molecule has 0 radical (unpaired) electrons. The van der Waals surface area contributed by atoms with Gasteiger partial charge in [-0.15, -0.1) is 0 Å². The standard InChI is InChI=1S/C24H15BrN2O7/c1-32-21-11-14(10-19-24(29)34-22(26-19)15-4-2-6-17(25)12-15)8-9-20(21)33-23(28)16-5-3-7-18(13-16)27(30)31/h2-13H,1H3/b19-10+. The van der Waals surface area contributed by atoms with Gasteiger partial charge in [-0.1, -0.05) is 34.1 Å². The summed E-state index contributed by atoms with van der Waals surface area (Å²) in [5.41, 5.74) is 1.09. The number of nitrogens with zero attached hydrogens (tertiary/aromatic N) is 2. The third-order valence-corrected chi connectivity index (χ3v) is 5.17. The lowest BCUT2D eigenvalue weighted by atomic mass is 10.1. The highest BCUT2D eigenvalue weighted by atomic mass is 79.9. The molecule has 0 unspecified atom stereocenters. The van der Waals surface area contributed by atoms with E-state index in [1.807, 2.05) is 6.07 Å². The fourth-order valence-electron chi connectivity index (χ4n) is 3.08. The third kappa shape index (κ3) is 5.02. The van der Waals surface area contributed by atoms with Gasteiger partial charge in [-0.05, 0) is 48.0 Å². The van der Waals surface area contributed by atoms with Crippen LogP contribution >= 0.6 is 15.9 Å². The fraction of sp³-hybridized carbons (Fsp3) is 0.0417. The molecule has 1 heterocycles. The molecule has 0 spiro atoms. The number of benzene rings is 3. The second kappa shape index (κ2) is 9.67. The first-order valence-electron chi connectivity index (χ1n) is 9.77. The molecule has 34 heavy (non-hydrogen) atoms. The second-order valence-corrected chi connectivity index (χ2v) is 7.87. The first-order valence-corrected chi connectivity index (χ1v) is 10.6. The van der Waals surface area contributed by atoms with Gasteiger partial charge in [0.05, 0.1) is 17.6 Å². The number of esters is 2. The molecule has 3 aromatic rings. The summed E-state index contributed by atoms with van der Waals surface area (Å²) in [4.78, 5) is 39.4. The summed E-state index contributed by atoms with van der Waals surface area (Å²) in [5.74, 6) is -0.873. The number of nitro groups is 1. The summed E-state index contributed by atoms with van der Waals surface area (Å²) in [7, 11) is 1.39. The Balaban J connectivity index is 1.57. The number of nitro benzene ring substituents is 1. The van der Waals surface area contributed by atoms with Gasteiger partial charge < -0.3 is 14.2 Å². The summed E-state index contributed by atoms with van der Waals surface area (Å²) in [6, 6.07) is 17.0. The monoisotopic (exact) mass is 522 g/mol. The minimum atomic E-state index is -0.782. The Labute approximate surface area is 201 Å². The number of cyclic esters (lactones) is 1. The number of methoxy groups -OCH3 is 1. The number of carbonyl (C=O) groups excluding carboxylic acids is 2. The van der Waals surface area contributed by atoms with Crippen LogP contribution in [-0.4, -0.2) is 29.9 Å². The maximum atomic E-state index is 12.5. The number of hydrogen-bond donors (Lipinski definition) is 0. The molecule has 9 nitrogen and oxygen atoms in total. The van der Waals surface area contributed by atoms with Crippen LogP contribution in [0.15, 0.2) is 81.9 Å². The van der Waals surface area contributed by atoms with Crippen LogP contribution in [0.5, 0.6) is 11.5 Å². The van der Waals surface area contributed by atoms with Crippen LogP contribution in [0.3, 0.4) is 0 Å². The Bertz CT molecular complexity index is 1380. The lowest BCUT2D eigenvalue weighted by molar-refractivity contribution is -0.384. The van der Waals surface area contributed by atoms with E-state index in [1.54, 1.807) is 30.3 Å². The van der Waals surface area contributed by atoms with E-state index in [9.17, 15) is 19.7 Å². The molecule has 10 heteroatoms. The predicted molar refractivity (Wildman–Crippen MR) is 126 cm³/mol. The topological polar surface area (TPSA) is 117 Å². The van der Waals surface area contributed by atoms with E-state index in [4.69, 9.17) is 14.2 Å². The number of ether oxygens (including phenoxy) is 3. The molecule has 0 aliphatic carbocycles. The van der Waals surface area contributed by atoms with Gasteiger partial charge in [0.25, 0.3) is 5.69 Å². The number of carbonyl (C=O) groups is 2. The number of rotatable bonds is 6. The van der Waals surface area contributed by atoms with E-state index in [0.29, 0.717) is 11.1 Å². The molecule has 0 fully saturated rings. The Morgan fingerprint density at radius 2 is 1.88 bits per heavy atom. The molecule has 0 atom stereocenters. The molecule has 0 saturated heterocycles. The largest absolute Gasteiger partial charge is 0.493 e. The molecule has 0 saturated carbocycles. The zero-order valence-corrected chi connectivity index (χ0v) is 19.1. The molecule has 1 aliphatic heterocycles. The molecular formula is C24H15BrN2O7. The van der Waals surface area contributed by atoms with Crippen molar-refractivity contribution in [1.82, 2.24) is 0 Å². The highest BCUT2D eigenvalue weighted by Crippen LogP contribution is 2.31. The van der Waals surface area contributed by atoms with Crippen LogP contribution in [0.25, 0.3) is 6.08 Å². The van der Waals surface area contributed by atoms with Crippen molar-refractivity contribution in [1.29, 1.82) is 0 Å². The molecule has 0 aromatic heterocycles. The minimum absolute atomic E-state index is 0.0190. The van der Waals surface area contributed by atoms with Gasteiger partial charge in [0, 0.05) is 22.2 Å². The number of halogens is 1. The molecule has 1 aliphatic rings. The van der Waals surface area contributed by atoms with E-state index in [2.05, 4.69) is 20.9 Å². The maximum absolute atomic E-state index is 12.5. The summed E-state index contributed by atoms with van der Waals surface area (Å²) in [6.07, 6.45) is 1.52. The number of hydrogen-bond acceptors (Lipinski definition) is 8. The molecule has 170 valence electrons. The SMILES string of the molecule is COc1cc(/C=C2/N=C(c3cccc(Br)c3)OC2=O)ccc1OC(=O)c1cccc([N+](=O)[O-])c1. The van der Waals surface area contributed by atoms with Gasteiger partial charge in [-0.2, -0.15) is 0 Å². The summed E-state index contributed by atoms with van der Waals surface area (Å²) in [5, 5.41) is 10.9. The van der Waals surface area contributed by atoms with E-state index >= 15 is 0 Å². The van der Waals surface area contributed by atoms with Gasteiger partial charge in [0.2, 0.25) is 5.90 Å². The van der Waals surface area contributed by atoms with E-state index in [1.165, 1.54) is 37.5 Å². The van der Waals surface area contributed by atoms with Gasteiger partial charge in [0.1, 0.15) is 0 Å². The Kier molecular flexibility index (Phi) is 6.51. The first kappa shape index (κ1) is 22.9. The minimum Gasteiger partial charge on any atom is -0.493 e. The van der Waals surface area contributed by atoms with Crippen molar-refractivity contribution in [2.75, 3.05) is 7.11 Å². The van der Waals surface area contributed by atoms with Gasteiger partial charge in [0.15, 0.2) is 17.2 Å². The Morgan fingerprint density at radius 3 is 2.62 bits per heavy atom. The first-order chi connectivity index (χ1) is 16.3. The fourth-order valence-corrected chi connectivity index (χ4v) is 3.47. The number of non-ortho nitro benzene ring substituents is 1. The molecule has 0 bridgehead atoms. The van der Waals surface area contributed by atoms with Crippen molar-refractivity contribution in [3.8, 4) is 11.5 Å². The predicted octanol–water partition coefficient (Wildman–Crippen LogP) is 4.93. The third-order valence-electron chi connectivity index (χ3n) is 4.68. The van der Waals surface area contributed by atoms with Crippen LogP contribution in [-0.2, 0) is 9.53 Å². The van der Waals surface area contributed by atoms with Crippen molar-refractivity contribution in [2.45, 2.75) is 0 Å². The van der Waals surface area contributed by atoms with Crippen molar-refractivity contribution in [2.24, 2.45) is 4.99 Å². The van der Waals surface area contributed by atoms with Gasteiger partial charge in [-0.25, -0.2) is 14.6 Å². The Hall–Kier alpha value is -4.31. The van der Waals surface area contributed by atoms with Crippen LogP contribution in [0, 0.1) is 10.1 Å². The van der Waals surface area contributed by atoms with Crippen molar-refractivity contribution in [3.63, 3.8) is 0 Å². The smallest absolute Gasteiger partial charge is 0.363 e. The Morgan fingerprint density at radius 1 is 1.09 bits per heavy atom. The van der Waals surface area contributed by atoms with Crippen LogP contribution in [0.2, 0.25) is 0 Å². The van der Waals surface area contributed by atoms with E-state index in [-0.39, 0.29) is 34.3 Å². The van der Waals surface area contributed by atoms with Crippen LogP contribution in [0.4, 0.5) is 5.69 Å². The molecular weight excluding hydrogens is 508 g/mol. The van der Waals surface area contributed by atoms with Crippen molar-refractivity contribution < 1.29 is 28.7 Å². The zero-order valence-electron chi connectivity index (χ0n) is 17.6. The summed E-state index contributed by atoms with van der Waals surface area (Å²) < 4.78 is 16.8. The highest BCUT2D eigenvalue weighted by molar-refractivity contribution is 9.10. The highest BCUT2D eigenvalue weighted by Gasteiger charge is 2.24. The lowest BCUT2D eigenvalue weighted by Gasteiger charge is -2.10. The van der Waals surface area contributed by atoms with E-state index in [0.717, 1.165) is 10.5 Å². The van der Waals surface area contributed by atoms with Crippen molar-refractivity contribution >= 4 is 45.5 Å². The summed E-state index contributed by atoms with van der Waals surface area (Å²) >= 11 is 3.37. The maximum Gasteiger partial charge on any atom is 0.363 e. The van der Waals surface area contributed by atoms with Crippen molar-refractivity contribution in [3.05, 3.63) is 104 Å². The second-order valence-electron chi connectivity index (χ2n) is 6.95.